The number of nitrogens with zero attached hydrogens (tertiary/aromatic N) is 2. The van der Waals surface area contributed by atoms with Gasteiger partial charge in [0.1, 0.15) is 0 Å². The summed E-state index contributed by atoms with van der Waals surface area (Å²) < 4.78 is 49.0. The third-order valence-corrected chi connectivity index (χ3v) is 2.67. The molecule has 1 aromatic heterocycles. The molecule has 0 aliphatic heterocycles. The molecule has 0 aliphatic carbocycles. The van der Waals surface area contributed by atoms with Crippen LogP contribution in [0.5, 0.6) is 0 Å². The lowest BCUT2D eigenvalue weighted by Gasteiger charge is -2.09. The maximum absolute atomic E-state index is 13.3. The molecule has 0 bridgehead atoms. The fourth-order valence-corrected chi connectivity index (χ4v) is 1.58. The Balaban J connectivity index is 2.47. The van der Waals surface area contributed by atoms with Gasteiger partial charge in [0.25, 0.3) is 0 Å². The van der Waals surface area contributed by atoms with E-state index < -0.39 is 11.3 Å². The first-order valence-electron chi connectivity index (χ1n) is 5.63. The zero-order valence-corrected chi connectivity index (χ0v) is 11.0. The van der Waals surface area contributed by atoms with E-state index in [1.165, 1.54) is 0 Å². The van der Waals surface area contributed by atoms with Crippen LogP contribution in [0.15, 0.2) is 6.20 Å². The van der Waals surface area contributed by atoms with Crippen molar-refractivity contribution in [2.24, 2.45) is 0 Å². The number of halogens is 4. The Morgan fingerprint density at radius 2 is 2.00 bits per heavy atom. The summed E-state index contributed by atoms with van der Waals surface area (Å²) in [5.74, 6) is -0.769. The molecular weight excluding hydrogens is 284 g/mol. The second-order valence-corrected chi connectivity index (χ2v) is 4.70. The van der Waals surface area contributed by atoms with E-state index >= 15 is 0 Å². The van der Waals surface area contributed by atoms with E-state index in [1.807, 2.05) is 6.92 Å². The van der Waals surface area contributed by atoms with Crippen molar-refractivity contribution in [2.45, 2.75) is 18.9 Å². The van der Waals surface area contributed by atoms with Gasteiger partial charge in [-0.15, -0.1) is 0 Å². The van der Waals surface area contributed by atoms with Crippen LogP contribution in [0.3, 0.4) is 0 Å². The van der Waals surface area contributed by atoms with Gasteiger partial charge in [-0.25, -0.2) is 9.37 Å². The first-order chi connectivity index (χ1) is 8.92. The van der Waals surface area contributed by atoms with Gasteiger partial charge >= 0.3 is 5.51 Å². The first-order valence-corrected chi connectivity index (χ1v) is 6.62. The van der Waals surface area contributed by atoms with Crippen LogP contribution in [0, 0.1) is 5.82 Å². The Labute approximate surface area is 112 Å². The van der Waals surface area contributed by atoms with Crippen LogP contribution in [0.4, 0.5) is 29.3 Å². The average molecular weight is 298 g/mol. The summed E-state index contributed by atoms with van der Waals surface area (Å²) in [6.45, 7) is 2.55. The number of anilines is 2. The average Bonchev–Trinajstić information content (AvgIpc) is 2.33. The molecule has 108 valence electrons. The number of hydrogen-bond donors (Lipinski definition) is 2. The summed E-state index contributed by atoms with van der Waals surface area (Å²) in [6.07, 6.45) is 1.83. The Hall–Kier alpha value is -1.25. The third kappa shape index (κ3) is 6.46. The van der Waals surface area contributed by atoms with Crippen LogP contribution in [-0.4, -0.2) is 34.3 Å². The predicted octanol–water partition coefficient (Wildman–Crippen LogP) is 3.10. The molecule has 0 saturated heterocycles. The van der Waals surface area contributed by atoms with Crippen LogP contribution in [0.25, 0.3) is 0 Å². The molecule has 0 fully saturated rings. The van der Waals surface area contributed by atoms with Crippen LogP contribution < -0.4 is 10.6 Å². The third-order valence-electron chi connectivity index (χ3n) is 1.94. The number of nitrogens with one attached hydrogen (secondary N) is 2. The first kappa shape index (κ1) is 15.8. The predicted molar refractivity (Wildman–Crippen MR) is 67.8 cm³/mol. The highest BCUT2D eigenvalue weighted by molar-refractivity contribution is 8.00. The molecule has 0 saturated carbocycles. The number of rotatable bonds is 7. The van der Waals surface area contributed by atoms with Gasteiger partial charge in [-0.3, -0.25) is 0 Å². The molecule has 9 heteroatoms. The maximum atomic E-state index is 13.3. The summed E-state index contributed by atoms with van der Waals surface area (Å²) in [5.41, 5.74) is -4.28. The second-order valence-electron chi connectivity index (χ2n) is 3.54. The second kappa shape index (κ2) is 7.37. The lowest BCUT2D eigenvalue weighted by Crippen LogP contribution is -2.13. The number of hydrogen-bond acceptors (Lipinski definition) is 5. The molecule has 1 heterocycles. The smallest absolute Gasteiger partial charge is 0.367 e. The Kier molecular flexibility index (Phi) is 6.13. The van der Waals surface area contributed by atoms with Crippen LogP contribution in [-0.2, 0) is 0 Å². The molecule has 0 aliphatic rings. The lowest BCUT2D eigenvalue weighted by molar-refractivity contribution is -0.0327. The molecular formula is C10H14F4N4S. The molecule has 0 radical (unpaired) electrons. The number of thioether (sulfide) groups is 1. The topological polar surface area (TPSA) is 49.8 Å². The highest BCUT2D eigenvalue weighted by atomic mass is 32.2. The molecule has 2 N–H and O–H groups in total. The van der Waals surface area contributed by atoms with E-state index in [2.05, 4.69) is 20.6 Å². The molecule has 0 spiro atoms. The van der Waals surface area contributed by atoms with E-state index in [0.29, 0.717) is 6.54 Å². The van der Waals surface area contributed by atoms with Gasteiger partial charge in [-0.2, -0.15) is 18.2 Å². The fourth-order valence-electron chi connectivity index (χ4n) is 1.15. The normalized spacial score (nSPS) is 11.4. The summed E-state index contributed by atoms with van der Waals surface area (Å²) in [5, 5.41) is 5.38. The molecule has 0 unspecified atom stereocenters. The summed E-state index contributed by atoms with van der Waals surface area (Å²) >= 11 is -0.167. The van der Waals surface area contributed by atoms with Gasteiger partial charge in [-0.1, -0.05) is 6.92 Å². The number of alkyl halides is 3. The van der Waals surface area contributed by atoms with Crippen molar-refractivity contribution in [3.8, 4) is 0 Å². The van der Waals surface area contributed by atoms with Crippen molar-refractivity contribution < 1.29 is 17.6 Å². The largest absolute Gasteiger partial charge is 0.441 e. The quantitative estimate of drug-likeness (QED) is 0.598. The standard InChI is InChI=1S/C10H14F4N4S/c1-2-3-16-9-17-6-7(11)8(18-9)15-4-5-19-10(12,13)14/h6H,2-5H2,1H3,(H2,15,16,17,18). The van der Waals surface area contributed by atoms with E-state index in [4.69, 9.17) is 0 Å². The van der Waals surface area contributed by atoms with Crippen LogP contribution in [0.1, 0.15) is 13.3 Å². The van der Waals surface area contributed by atoms with Gasteiger partial charge in [0.15, 0.2) is 11.6 Å². The summed E-state index contributed by atoms with van der Waals surface area (Å²) in [6, 6.07) is 0. The zero-order chi connectivity index (χ0) is 14.3. The highest BCUT2D eigenvalue weighted by Gasteiger charge is 2.27. The van der Waals surface area contributed by atoms with Gasteiger partial charge in [-0.05, 0) is 18.2 Å². The highest BCUT2D eigenvalue weighted by Crippen LogP contribution is 2.29. The zero-order valence-electron chi connectivity index (χ0n) is 10.2. The molecule has 0 amide bonds. The minimum Gasteiger partial charge on any atom is -0.367 e. The summed E-state index contributed by atoms with van der Waals surface area (Å²) in [4.78, 5) is 7.57. The molecule has 0 aromatic carbocycles. The van der Waals surface area contributed by atoms with E-state index in [9.17, 15) is 17.6 Å². The Morgan fingerprint density at radius 3 is 2.63 bits per heavy atom. The van der Waals surface area contributed by atoms with Gasteiger partial charge in [0.2, 0.25) is 5.95 Å². The van der Waals surface area contributed by atoms with Crippen molar-refractivity contribution in [3.63, 3.8) is 0 Å². The monoisotopic (exact) mass is 298 g/mol. The van der Waals surface area contributed by atoms with Crippen molar-refractivity contribution in [2.75, 3.05) is 29.5 Å². The molecule has 0 atom stereocenters. The van der Waals surface area contributed by atoms with E-state index in [-0.39, 0.29) is 35.8 Å². The van der Waals surface area contributed by atoms with Gasteiger partial charge < -0.3 is 10.6 Å². The SMILES string of the molecule is CCCNc1ncc(F)c(NCCSC(F)(F)F)n1. The minimum absolute atomic E-state index is 0.0364. The van der Waals surface area contributed by atoms with Crippen molar-refractivity contribution in [1.82, 2.24) is 9.97 Å². The molecule has 1 rings (SSSR count). The Morgan fingerprint density at radius 1 is 1.26 bits per heavy atom. The lowest BCUT2D eigenvalue weighted by atomic mass is 10.5. The van der Waals surface area contributed by atoms with Crippen LogP contribution in [0.2, 0.25) is 0 Å². The van der Waals surface area contributed by atoms with E-state index in [0.717, 1.165) is 12.6 Å². The van der Waals surface area contributed by atoms with E-state index in [1.54, 1.807) is 0 Å². The number of aromatic nitrogens is 2. The van der Waals surface area contributed by atoms with Crippen LogP contribution >= 0.6 is 11.8 Å². The van der Waals surface area contributed by atoms with Gasteiger partial charge in [0.05, 0.1) is 6.20 Å². The van der Waals surface area contributed by atoms with Crippen molar-refractivity contribution in [3.05, 3.63) is 12.0 Å². The summed E-state index contributed by atoms with van der Waals surface area (Å²) in [7, 11) is 0. The van der Waals surface area contributed by atoms with Crippen molar-refractivity contribution >= 4 is 23.5 Å². The molecule has 19 heavy (non-hydrogen) atoms. The molecule has 4 nitrogen and oxygen atoms in total. The minimum atomic E-state index is -4.28. The Bertz CT molecular complexity index is 400. The fraction of sp³-hybridized carbons (Fsp3) is 0.600. The van der Waals surface area contributed by atoms with Crippen molar-refractivity contribution in [1.29, 1.82) is 0 Å². The maximum Gasteiger partial charge on any atom is 0.441 e. The van der Waals surface area contributed by atoms with Gasteiger partial charge in [0, 0.05) is 18.8 Å². The molecule has 1 aromatic rings.